The van der Waals surface area contributed by atoms with Crippen LogP contribution >= 0.6 is 0 Å². The van der Waals surface area contributed by atoms with Crippen LogP contribution in [0.15, 0.2) is 18.3 Å². The van der Waals surface area contributed by atoms with Crippen LogP contribution in [0.5, 0.6) is 0 Å². The predicted molar refractivity (Wildman–Crippen MR) is 86.4 cm³/mol. The van der Waals surface area contributed by atoms with Crippen LogP contribution in [0.25, 0.3) is 0 Å². The first-order valence-corrected chi connectivity index (χ1v) is 8.26. The number of amides is 2. The van der Waals surface area contributed by atoms with Gasteiger partial charge in [-0.05, 0) is 43.7 Å². The molecule has 0 bridgehead atoms. The molecular weight excluding hydrogens is 278 g/mol. The first-order chi connectivity index (χ1) is 10.7. The molecule has 3 N–H and O–H groups in total. The molecule has 0 unspecified atom stereocenters. The summed E-state index contributed by atoms with van der Waals surface area (Å²) in [6.45, 7) is 2.52. The molecular formula is C17H27N3O2. The molecule has 1 atom stereocenters. The molecule has 0 spiro atoms. The van der Waals surface area contributed by atoms with E-state index in [9.17, 15) is 9.90 Å². The third kappa shape index (κ3) is 4.98. The van der Waals surface area contributed by atoms with Crippen molar-refractivity contribution in [1.82, 2.24) is 15.6 Å². The number of carbonyl (C=O) groups excluding carboxylic acids is 1. The lowest BCUT2D eigenvalue weighted by molar-refractivity contribution is 0.196. The number of hydrogen-bond acceptors (Lipinski definition) is 3. The number of nitrogens with zero attached hydrogens (tertiary/aromatic N) is 1. The average Bonchev–Trinajstić information content (AvgIpc) is 2.54. The third-order valence-electron chi connectivity index (χ3n) is 4.51. The largest absolute Gasteiger partial charge is 0.396 e. The minimum absolute atomic E-state index is 0.0649. The number of aliphatic hydroxyl groups is 1. The van der Waals surface area contributed by atoms with E-state index in [4.69, 9.17) is 0 Å². The van der Waals surface area contributed by atoms with Crippen LogP contribution < -0.4 is 10.6 Å². The second kappa shape index (κ2) is 8.73. The van der Waals surface area contributed by atoms with Crippen molar-refractivity contribution in [1.29, 1.82) is 0 Å². The van der Waals surface area contributed by atoms with Crippen molar-refractivity contribution < 1.29 is 9.90 Å². The number of nitrogens with one attached hydrogen (secondary N) is 2. The van der Waals surface area contributed by atoms with Gasteiger partial charge < -0.3 is 15.7 Å². The van der Waals surface area contributed by atoms with Gasteiger partial charge in [0.25, 0.3) is 0 Å². The topological polar surface area (TPSA) is 74.2 Å². The van der Waals surface area contributed by atoms with Gasteiger partial charge in [-0.2, -0.15) is 0 Å². The Balaban J connectivity index is 1.84. The molecule has 1 fully saturated rings. The summed E-state index contributed by atoms with van der Waals surface area (Å²) in [5.41, 5.74) is 1.95. The molecule has 0 saturated heterocycles. The molecule has 0 aliphatic heterocycles. The number of hydrogen-bond donors (Lipinski definition) is 3. The zero-order valence-electron chi connectivity index (χ0n) is 13.3. The number of aromatic nitrogens is 1. The van der Waals surface area contributed by atoms with Gasteiger partial charge >= 0.3 is 6.03 Å². The summed E-state index contributed by atoms with van der Waals surface area (Å²) in [4.78, 5) is 16.4. The van der Waals surface area contributed by atoms with Crippen LogP contribution in [0.2, 0.25) is 0 Å². The Morgan fingerprint density at radius 1 is 1.41 bits per heavy atom. The van der Waals surface area contributed by atoms with E-state index in [1.807, 2.05) is 19.1 Å². The summed E-state index contributed by atoms with van der Waals surface area (Å²) in [5, 5.41) is 15.2. The van der Waals surface area contributed by atoms with Gasteiger partial charge in [0.15, 0.2) is 0 Å². The monoisotopic (exact) mass is 305 g/mol. The lowest BCUT2D eigenvalue weighted by Crippen LogP contribution is -2.46. The van der Waals surface area contributed by atoms with Gasteiger partial charge in [-0.15, -0.1) is 0 Å². The number of carbonyl (C=O) groups is 1. The average molecular weight is 305 g/mol. The standard InChI is InChI=1S/C17H27N3O2/c1-13-6-5-10-18-16(13)12-19-17(22)20-15(9-11-21)14-7-3-2-4-8-14/h5-6,10,14-15,21H,2-4,7-9,11-12H2,1H3,(H2,19,20,22)/t15-/m1/s1. The maximum atomic E-state index is 12.1. The number of rotatable bonds is 6. The Hall–Kier alpha value is -1.62. The van der Waals surface area contributed by atoms with Crippen LogP contribution in [0.3, 0.4) is 0 Å². The highest BCUT2D eigenvalue weighted by Gasteiger charge is 2.24. The SMILES string of the molecule is Cc1cccnc1CNC(=O)N[C@H](CCO)C1CCCCC1. The van der Waals surface area contributed by atoms with Crippen LogP contribution in [-0.2, 0) is 6.54 Å². The highest BCUT2D eigenvalue weighted by molar-refractivity contribution is 5.74. The Morgan fingerprint density at radius 2 is 2.18 bits per heavy atom. The maximum Gasteiger partial charge on any atom is 0.315 e. The number of aliphatic hydroxyl groups excluding tert-OH is 1. The molecule has 1 aliphatic rings. The Bertz CT molecular complexity index is 473. The fraction of sp³-hybridized carbons (Fsp3) is 0.647. The first-order valence-electron chi connectivity index (χ1n) is 8.26. The van der Waals surface area contributed by atoms with Crippen molar-refractivity contribution in [2.45, 2.75) is 58.0 Å². The van der Waals surface area contributed by atoms with Crippen molar-refractivity contribution in [2.24, 2.45) is 5.92 Å². The van der Waals surface area contributed by atoms with Gasteiger partial charge in [-0.1, -0.05) is 25.3 Å². The zero-order valence-corrected chi connectivity index (χ0v) is 13.3. The van der Waals surface area contributed by atoms with Gasteiger partial charge in [0, 0.05) is 18.8 Å². The van der Waals surface area contributed by atoms with E-state index in [1.54, 1.807) is 6.20 Å². The van der Waals surface area contributed by atoms with Crippen LogP contribution in [-0.4, -0.2) is 28.8 Å². The van der Waals surface area contributed by atoms with E-state index in [-0.39, 0.29) is 18.7 Å². The summed E-state index contributed by atoms with van der Waals surface area (Å²) < 4.78 is 0. The quantitative estimate of drug-likeness (QED) is 0.756. The van der Waals surface area contributed by atoms with Crippen LogP contribution in [0.4, 0.5) is 4.79 Å². The first kappa shape index (κ1) is 16.7. The van der Waals surface area contributed by atoms with E-state index in [0.717, 1.165) is 24.1 Å². The number of pyridine rings is 1. The molecule has 0 radical (unpaired) electrons. The molecule has 22 heavy (non-hydrogen) atoms. The molecule has 5 heteroatoms. The molecule has 1 aliphatic carbocycles. The molecule has 0 aromatic carbocycles. The van der Waals surface area contributed by atoms with Crippen molar-refractivity contribution in [2.75, 3.05) is 6.61 Å². The highest BCUT2D eigenvalue weighted by Crippen LogP contribution is 2.27. The molecule has 1 aromatic heterocycles. The zero-order chi connectivity index (χ0) is 15.8. The number of urea groups is 1. The highest BCUT2D eigenvalue weighted by atomic mass is 16.3. The fourth-order valence-electron chi connectivity index (χ4n) is 3.19. The molecule has 122 valence electrons. The minimum atomic E-state index is -0.172. The molecule has 1 heterocycles. The molecule has 2 rings (SSSR count). The smallest absolute Gasteiger partial charge is 0.315 e. The second-order valence-electron chi connectivity index (χ2n) is 6.11. The fourth-order valence-corrected chi connectivity index (χ4v) is 3.19. The van der Waals surface area contributed by atoms with Crippen LogP contribution in [0.1, 0.15) is 49.8 Å². The predicted octanol–water partition coefficient (Wildman–Crippen LogP) is 2.52. The van der Waals surface area contributed by atoms with Crippen molar-refractivity contribution in [3.05, 3.63) is 29.6 Å². The van der Waals surface area contributed by atoms with Gasteiger partial charge in [0.05, 0.1) is 12.2 Å². The lowest BCUT2D eigenvalue weighted by atomic mass is 9.83. The van der Waals surface area contributed by atoms with Gasteiger partial charge in [0.1, 0.15) is 0 Å². The Kier molecular flexibility index (Phi) is 6.65. The summed E-state index contributed by atoms with van der Waals surface area (Å²) in [6, 6.07) is 3.77. The molecule has 2 amide bonds. The third-order valence-corrected chi connectivity index (χ3v) is 4.51. The van der Waals surface area contributed by atoms with Gasteiger partial charge in [0.2, 0.25) is 0 Å². The minimum Gasteiger partial charge on any atom is -0.396 e. The summed E-state index contributed by atoms with van der Waals surface area (Å²) >= 11 is 0. The normalized spacial score (nSPS) is 17.0. The second-order valence-corrected chi connectivity index (χ2v) is 6.11. The molecule has 5 nitrogen and oxygen atoms in total. The summed E-state index contributed by atoms with van der Waals surface area (Å²) in [6.07, 6.45) is 8.38. The Labute approximate surface area is 132 Å². The lowest BCUT2D eigenvalue weighted by Gasteiger charge is -2.30. The van der Waals surface area contributed by atoms with Crippen molar-refractivity contribution >= 4 is 6.03 Å². The molecule has 1 aromatic rings. The van der Waals surface area contributed by atoms with E-state index >= 15 is 0 Å². The van der Waals surface area contributed by atoms with E-state index in [2.05, 4.69) is 15.6 Å². The van der Waals surface area contributed by atoms with E-state index in [0.29, 0.717) is 18.9 Å². The van der Waals surface area contributed by atoms with Gasteiger partial charge in [-0.25, -0.2) is 4.79 Å². The van der Waals surface area contributed by atoms with Crippen molar-refractivity contribution in [3.63, 3.8) is 0 Å². The summed E-state index contributed by atoms with van der Waals surface area (Å²) in [7, 11) is 0. The van der Waals surface area contributed by atoms with Crippen LogP contribution in [0, 0.1) is 12.8 Å². The maximum absolute atomic E-state index is 12.1. The van der Waals surface area contributed by atoms with Crippen molar-refractivity contribution in [3.8, 4) is 0 Å². The Morgan fingerprint density at radius 3 is 2.86 bits per heavy atom. The number of aryl methyl sites for hydroxylation is 1. The van der Waals surface area contributed by atoms with E-state index < -0.39 is 0 Å². The van der Waals surface area contributed by atoms with E-state index in [1.165, 1.54) is 19.3 Å². The summed E-state index contributed by atoms with van der Waals surface area (Å²) in [5.74, 6) is 0.489. The van der Waals surface area contributed by atoms with Gasteiger partial charge in [-0.3, -0.25) is 4.98 Å². The molecule has 1 saturated carbocycles.